The Balaban J connectivity index is 2.43. The summed E-state index contributed by atoms with van der Waals surface area (Å²) in [5.41, 5.74) is 1.81. The van der Waals surface area contributed by atoms with Crippen LogP contribution in [0.3, 0.4) is 0 Å². The van der Waals surface area contributed by atoms with Crippen molar-refractivity contribution in [1.29, 1.82) is 0 Å². The lowest BCUT2D eigenvalue weighted by Crippen LogP contribution is -2.22. The molecule has 0 fully saturated rings. The zero-order chi connectivity index (χ0) is 12.6. The Labute approximate surface area is 115 Å². The largest absolute Gasteiger partial charge is 0.206 e. The van der Waals surface area contributed by atoms with Crippen LogP contribution in [0.25, 0.3) is 5.57 Å². The Hall–Kier alpha value is -0.340. The minimum absolute atomic E-state index is 0.00729. The fourth-order valence-electron chi connectivity index (χ4n) is 2.38. The van der Waals surface area contributed by atoms with Crippen LogP contribution >= 0.6 is 27.5 Å². The number of hydrogen-bond acceptors (Lipinski definition) is 0. The average molecular weight is 318 g/mol. The van der Waals surface area contributed by atoms with E-state index in [2.05, 4.69) is 29.8 Å². The number of rotatable bonds is 1. The molecule has 1 unspecified atom stereocenters. The molecule has 0 radical (unpaired) electrons. The zero-order valence-corrected chi connectivity index (χ0v) is 12.3. The molecule has 2 rings (SSSR count). The van der Waals surface area contributed by atoms with Gasteiger partial charge in [-0.25, -0.2) is 4.39 Å². The van der Waals surface area contributed by atoms with Gasteiger partial charge in [-0.15, -0.1) is 11.6 Å². The van der Waals surface area contributed by atoms with E-state index in [-0.39, 0.29) is 16.6 Å². The van der Waals surface area contributed by atoms with Gasteiger partial charge in [-0.1, -0.05) is 35.9 Å². The van der Waals surface area contributed by atoms with Crippen LogP contribution in [0, 0.1) is 11.2 Å². The first-order valence-electron chi connectivity index (χ1n) is 5.68. The van der Waals surface area contributed by atoms with Crippen molar-refractivity contribution in [2.24, 2.45) is 5.41 Å². The van der Waals surface area contributed by atoms with Crippen molar-refractivity contribution in [2.45, 2.75) is 32.1 Å². The van der Waals surface area contributed by atoms with Gasteiger partial charge in [0.1, 0.15) is 5.82 Å². The summed E-state index contributed by atoms with van der Waals surface area (Å²) >= 11 is 9.61. The third-order valence-electron chi connectivity index (χ3n) is 3.07. The van der Waals surface area contributed by atoms with Crippen molar-refractivity contribution in [2.75, 3.05) is 0 Å². The van der Waals surface area contributed by atoms with Crippen LogP contribution in [0.1, 0.15) is 32.3 Å². The van der Waals surface area contributed by atoms with Gasteiger partial charge in [-0.2, -0.15) is 0 Å². The van der Waals surface area contributed by atoms with Gasteiger partial charge in [0.05, 0.1) is 5.38 Å². The smallest absolute Gasteiger partial charge is 0.130 e. The first-order chi connectivity index (χ1) is 7.87. The molecule has 0 spiro atoms. The van der Waals surface area contributed by atoms with Gasteiger partial charge < -0.3 is 0 Å². The van der Waals surface area contributed by atoms with Crippen LogP contribution < -0.4 is 0 Å². The van der Waals surface area contributed by atoms with E-state index < -0.39 is 0 Å². The maximum atomic E-state index is 13.8. The summed E-state index contributed by atoms with van der Waals surface area (Å²) in [5.74, 6) is -0.180. The molecule has 3 heteroatoms. The Morgan fingerprint density at radius 2 is 2.12 bits per heavy atom. The van der Waals surface area contributed by atoms with Crippen molar-refractivity contribution >= 4 is 33.1 Å². The van der Waals surface area contributed by atoms with Crippen LogP contribution in [0.15, 0.2) is 28.7 Å². The first-order valence-corrected chi connectivity index (χ1v) is 6.90. The highest BCUT2D eigenvalue weighted by molar-refractivity contribution is 9.10. The molecule has 0 heterocycles. The summed E-state index contributed by atoms with van der Waals surface area (Å²) in [7, 11) is 0. The van der Waals surface area contributed by atoms with Crippen LogP contribution in [-0.2, 0) is 0 Å². The molecule has 17 heavy (non-hydrogen) atoms. The van der Waals surface area contributed by atoms with E-state index in [9.17, 15) is 4.39 Å². The molecule has 0 N–H and O–H groups in total. The van der Waals surface area contributed by atoms with Crippen LogP contribution in [-0.4, -0.2) is 5.38 Å². The second-order valence-electron chi connectivity index (χ2n) is 5.38. The van der Waals surface area contributed by atoms with Gasteiger partial charge >= 0.3 is 0 Å². The van der Waals surface area contributed by atoms with E-state index in [0.29, 0.717) is 5.56 Å². The maximum absolute atomic E-state index is 13.8. The lowest BCUT2D eigenvalue weighted by molar-refractivity contribution is 0.340. The molecule has 0 saturated carbocycles. The van der Waals surface area contributed by atoms with E-state index in [1.165, 1.54) is 6.07 Å². The molecule has 0 amide bonds. The fourth-order valence-corrected chi connectivity index (χ4v) is 3.31. The Morgan fingerprint density at radius 1 is 1.41 bits per heavy atom. The third kappa shape index (κ3) is 3.11. The molecule has 1 aromatic carbocycles. The predicted molar refractivity (Wildman–Crippen MR) is 74.7 cm³/mol. The second-order valence-corrected chi connectivity index (χ2v) is 6.85. The fraction of sp³-hybridized carbons (Fsp3) is 0.429. The third-order valence-corrected chi connectivity index (χ3v) is 3.85. The van der Waals surface area contributed by atoms with E-state index in [1.54, 1.807) is 6.07 Å². The number of halogens is 3. The highest BCUT2D eigenvalue weighted by atomic mass is 79.9. The van der Waals surface area contributed by atoms with Gasteiger partial charge in [0.2, 0.25) is 0 Å². The minimum atomic E-state index is -0.180. The summed E-state index contributed by atoms with van der Waals surface area (Å²) in [4.78, 5) is 0. The van der Waals surface area contributed by atoms with Crippen molar-refractivity contribution in [3.63, 3.8) is 0 Å². The Kier molecular flexibility index (Phi) is 3.65. The van der Waals surface area contributed by atoms with Gasteiger partial charge in [0.15, 0.2) is 0 Å². The molecule has 0 nitrogen and oxygen atoms in total. The molecule has 1 aromatic rings. The van der Waals surface area contributed by atoms with Gasteiger partial charge in [-0.05, 0) is 42.0 Å². The number of benzene rings is 1. The van der Waals surface area contributed by atoms with E-state index in [0.717, 1.165) is 22.9 Å². The number of hydrogen-bond donors (Lipinski definition) is 0. The summed E-state index contributed by atoms with van der Waals surface area (Å²) in [6.07, 6.45) is 3.79. The number of allylic oxidation sites excluding steroid dienone is 2. The Bertz CT molecular complexity index is 465. The molecule has 92 valence electrons. The average Bonchev–Trinajstić information content (AvgIpc) is 2.18. The molecule has 1 aliphatic rings. The number of alkyl halides is 1. The lowest BCUT2D eigenvalue weighted by Gasteiger charge is -2.32. The van der Waals surface area contributed by atoms with E-state index in [1.807, 2.05) is 12.1 Å². The van der Waals surface area contributed by atoms with Crippen LogP contribution in [0.2, 0.25) is 0 Å². The summed E-state index contributed by atoms with van der Waals surface area (Å²) < 4.78 is 14.7. The topological polar surface area (TPSA) is 0 Å². The van der Waals surface area contributed by atoms with E-state index >= 15 is 0 Å². The maximum Gasteiger partial charge on any atom is 0.130 e. The van der Waals surface area contributed by atoms with Gasteiger partial charge in [0.25, 0.3) is 0 Å². The zero-order valence-electron chi connectivity index (χ0n) is 9.93. The van der Waals surface area contributed by atoms with E-state index in [4.69, 9.17) is 11.6 Å². The quantitative estimate of drug-likeness (QED) is 0.608. The van der Waals surface area contributed by atoms with Gasteiger partial charge in [0, 0.05) is 10.0 Å². The highest BCUT2D eigenvalue weighted by Crippen LogP contribution is 2.42. The molecular formula is C14H15BrClF. The standard InChI is InChI=1S/C14H15BrClF/c1-14(2)7-9(5-11(16)8-14)12-6-10(15)3-4-13(12)17/h3-6,11H,7-8H2,1-2H3. The highest BCUT2D eigenvalue weighted by Gasteiger charge is 2.29. The molecule has 0 aliphatic heterocycles. The SMILES string of the molecule is CC1(C)CC(c2cc(Br)ccc2F)=CC(Cl)C1. The van der Waals surface area contributed by atoms with Crippen molar-refractivity contribution < 1.29 is 4.39 Å². The first kappa shape index (κ1) is 13.1. The summed E-state index contributed by atoms with van der Waals surface area (Å²) in [6.45, 7) is 4.34. The minimum Gasteiger partial charge on any atom is -0.206 e. The van der Waals surface area contributed by atoms with Crippen molar-refractivity contribution in [3.8, 4) is 0 Å². The molecule has 0 saturated heterocycles. The molecule has 1 atom stereocenters. The lowest BCUT2D eigenvalue weighted by atomic mass is 9.75. The van der Waals surface area contributed by atoms with Crippen molar-refractivity contribution in [3.05, 3.63) is 40.1 Å². The monoisotopic (exact) mass is 316 g/mol. The normalized spacial score (nSPS) is 23.4. The summed E-state index contributed by atoms with van der Waals surface area (Å²) in [6, 6.07) is 5.03. The van der Waals surface area contributed by atoms with Gasteiger partial charge in [-0.3, -0.25) is 0 Å². The molecule has 1 aliphatic carbocycles. The molecular weight excluding hydrogens is 303 g/mol. The van der Waals surface area contributed by atoms with Crippen LogP contribution in [0.4, 0.5) is 4.39 Å². The predicted octanol–water partition coefficient (Wildman–Crippen LogP) is 5.40. The second kappa shape index (κ2) is 4.74. The Morgan fingerprint density at radius 3 is 2.76 bits per heavy atom. The molecule has 0 bridgehead atoms. The summed E-state index contributed by atoms with van der Waals surface area (Å²) in [5, 5.41) is -0.00729. The van der Waals surface area contributed by atoms with Crippen LogP contribution in [0.5, 0.6) is 0 Å². The molecule has 0 aromatic heterocycles. The van der Waals surface area contributed by atoms with Crippen molar-refractivity contribution in [1.82, 2.24) is 0 Å².